The second kappa shape index (κ2) is 8.71. The maximum atomic E-state index is 12.1. The van der Waals surface area contributed by atoms with Crippen molar-refractivity contribution in [3.63, 3.8) is 0 Å². The van der Waals surface area contributed by atoms with Crippen LogP contribution in [0.15, 0.2) is 91.0 Å². The SMILES string of the molecule is Cl.OC(c1ccccc1)(c1ccccc1)C1CCCN1Cc1ccccc1. The van der Waals surface area contributed by atoms with Crippen molar-refractivity contribution in [2.75, 3.05) is 6.54 Å². The average molecular weight is 380 g/mol. The molecule has 3 aromatic carbocycles. The molecule has 0 bridgehead atoms. The van der Waals surface area contributed by atoms with Gasteiger partial charge in [-0.25, -0.2) is 0 Å². The van der Waals surface area contributed by atoms with Gasteiger partial charge in [0.15, 0.2) is 0 Å². The third-order valence-electron chi connectivity index (χ3n) is 5.50. The first-order valence-electron chi connectivity index (χ1n) is 9.40. The number of hydrogen-bond donors (Lipinski definition) is 1. The molecule has 1 heterocycles. The summed E-state index contributed by atoms with van der Waals surface area (Å²) >= 11 is 0. The summed E-state index contributed by atoms with van der Waals surface area (Å²) in [4.78, 5) is 2.44. The first-order chi connectivity index (χ1) is 12.8. The summed E-state index contributed by atoms with van der Waals surface area (Å²) in [6.45, 7) is 1.88. The van der Waals surface area contributed by atoms with Crippen LogP contribution in [-0.2, 0) is 12.1 Å². The van der Waals surface area contributed by atoms with E-state index >= 15 is 0 Å². The van der Waals surface area contributed by atoms with Crippen molar-refractivity contribution in [3.05, 3.63) is 108 Å². The lowest BCUT2D eigenvalue weighted by molar-refractivity contribution is -0.00653. The Kier molecular flexibility index (Phi) is 6.33. The highest BCUT2D eigenvalue weighted by Gasteiger charge is 2.45. The van der Waals surface area contributed by atoms with Crippen molar-refractivity contribution in [3.8, 4) is 0 Å². The minimum atomic E-state index is -1.01. The molecule has 1 N–H and O–H groups in total. The molecule has 27 heavy (non-hydrogen) atoms. The van der Waals surface area contributed by atoms with Crippen molar-refractivity contribution < 1.29 is 5.11 Å². The van der Waals surface area contributed by atoms with Gasteiger partial charge in [0.05, 0.1) is 0 Å². The zero-order valence-corrected chi connectivity index (χ0v) is 16.2. The molecule has 4 rings (SSSR count). The van der Waals surface area contributed by atoms with Crippen LogP contribution in [0.5, 0.6) is 0 Å². The maximum Gasteiger partial charge on any atom is 0.130 e. The van der Waals surface area contributed by atoms with E-state index in [1.165, 1.54) is 5.56 Å². The number of likely N-dealkylation sites (tertiary alicyclic amines) is 1. The summed E-state index contributed by atoms with van der Waals surface area (Å²) in [7, 11) is 0. The lowest BCUT2D eigenvalue weighted by Crippen LogP contribution is -2.48. The molecule has 3 aromatic rings. The van der Waals surface area contributed by atoms with Crippen molar-refractivity contribution >= 4 is 12.4 Å². The van der Waals surface area contributed by atoms with E-state index in [1.807, 2.05) is 60.7 Å². The highest BCUT2D eigenvalue weighted by atomic mass is 35.5. The molecular weight excluding hydrogens is 354 g/mol. The first-order valence-corrected chi connectivity index (χ1v) is 9.40. The molecule has 0 saturated carbocycles. The van der Waals surface area contributed by atoms with Crippen LogP contribution in [0.3, 0.4) is 0 Å². The Bertz CT molecular complexity index is 783. The molecular formula is C24H26ClNO. The van der Waals surface area contributed by atoms with E-state index in [1.54, 1.807) is 0 Å². The Morgan fingerprint density at radius 1 is 0.778 bits per heavy atom. The van der Waals surface area contributed by atoms with Crippen LogP contribution in [-0.4, -0.2) is 22.6 Å². The highest BCUT2D eigenvalue weighted by Crippen LogP contribution is 2.40. The van der Waals surface area contributed by atoms with Gasteiger partial charge in [0.2, 0.25) is 0 Å². The Labute approximate surface area is 167 Å². The van der Waals surface area contributed by atoms with Gasteiger partial charge >= 0.3 is 0 Å². The minimum Gasteiger partial charge on any atom is -0.379 e. The van der Waals surface area contributed by atoms with Crippen LogP contribution in [0.25, 0.3) is 0 Å². The number of rotatable bonds is 5. The van der Waals surface area contributed by atoms with E-state index in [0.29, 0.717) is 0 Å². The summed E-state index contributed by atoms with van der Waals surface area (Å²) in [5.41, 5.74) is 2.23. The summed E-state index contributed by atoms with van der Waals surface area (Å²) in [5.74, 6) is 0. The van der Waals surface area contributed by atoms with Crippen LogP contribution in [0, 0.1) is 0 Å². The van der Waals surface area contributed by atoms with Crippen molar-refractivity contribution in [1.82, 2.24) is 4.90 Å². The second-order valence-corrected chi connectivity index (χ2v) is 7.11. The maximum absolute atomic E-state index is 12.1. The van der Waals surface area contributed by atoms with Crippen molar-refractivity contribution in [1.29, 1.82) is 0 Å². The zero-order valence-electron chi connectivity index (χ0n) is 15.4. The van der Waals surface area contributed by atoms with E-state index in [0.717, 1.165) is 37.1 Å². The number of nitrogens with zero attached hydrogens (tertiary/aromatic N) is 1. The lowest BCUT2D eigenvalue weighted by Gasteiger charge is -2.40. The predicted octanol–water partition coefficient (Wildman–Crippen LogP) is 5.01. The predicted molar refractivity (Wildman–Crippen MR) is 113 cm³/mol. The molecule has 1 unspecified atom stereocenters. The van der Waals surface area contributed by atoms with Gasteiger partial charge in [-0.1, -0.05) is 91.0 Å². The van der Waals surface area contributed by atoms with Gasteiger partial charge in [0, 0.05) is 12.6 Å². The van der Waals surface area contributed by atoms with E-state index in [4.69, 9.17) is 0 Å². The third-order valence-corrected chi connectivity index (χ3v) is 5.50. The number of aliphatic hydroxyl groups is 1. The molecule has 0 spiro atoms. The van der Waals surface area contributed by atoms with Crippen LogP contribution in [0.4, 0.5) is 0 Å². The molecule has 2 nitrogen and oxygen atoms in total. The summed E-state index contributed by atoms with van der Waals surface area (Å²) in [6, 6.07) is 30.9. The monoisotopic (exact) mass is 379 g/mol. The fourth-order valence-corrected chi connectivity index (χ4v) is 4.24. The number of hydrogen-bond acceptors (Lipinski definition) is 2. The molecule has 1 aliphatic rings. The first kappa shape index (κ1) is 19.6. The standard InChI is InChI=1S/C24H25NO.ClH/c26-24(21-13-6-2-7-14-21,22-15-8-3-9-16-22)23-17-10-18-25(23)19-20-11-4-1-5-12-20;/h1-9,11-16,23,26H,10,17-19H2;1H. The Hall–Kier alpha value is -2.13. The normalized spacial score (nSPS) is 17.4. The van der Waals surface area contributed by atoms with Gasteiger partial charge in [-0.2, -0.15) is 0 Å². The summed E-state index contributed by atoms with van der Waals surface area (Å²) in [6.07, 6.45) is 2.10. The number of halogens is 1. The topological polar surface area (TPSA) is 23.5 Å². The van der Waals surface area contributed by atoms with E-state index in [-0.39, 0.29) is 18.4 Å². The van der Waals surface area contributed by atoms with Gasteiger partial charge in [-0.3, -0.25) is 4.90 Å². The largest absolute Gasteiger partial charge is 0.379 e. The molecule has 1 atom stereocenters. The molecule has 0 amide bonds. The van der Waals surface area contributed by atoms with E-state index in [2.05, 4.69) is 35.2 Å². The lowest BCUT2D eigenvalue weighted by atomic mass is 9.79. The van der Waals surface area contributed by atoms with Gasteiger partial charge in [-0.15, -0.1) is 12.4 Å². The molecule has 1 saturated heterocycles. The number of benzene rings is 3. The smallest absolute Gasteiger partial charge is 0.130 e. The van der Waals surface area contributed by atoms with Crippen molar-refractivity contribution in [2.24, 2.45) is 0 Å². The molecule has 0 aliphatic carbocycles. The molecule has 3 heteroatoms. The van der Waals surface area contributed by atoms with E-state index in [9.17, 15) is 5.11 Å². The fraction of sp³-hybridized carbons (Fsp3) is 0.250. The van der Waals surface area contributed by atoms with Crippen LogP contribution < -0.4 is 0 Å². The second-order valence-electron chi connectivity index (χ2n) is 7.11. The van der Waals surface area contributed by atoms with Gasteiger partial charge < -0.3 is 5.11 Å². The fourth-order valence-electron chi connectivity index (χ4n) is 4.24. The molecule has 0 aromatic heterocycles. The zero-order chi connectivity index (χ0) is 17.8. The van der Waals surface area contributed by atoms with Gasteiger partial charge in [-0.05, 0) is 36.1 Å². The van der Waals surface area contributed by atoms with Crippen molar-refractivity contribution in [2.45, 2.75) is 31.0 Å². The molecule has 140 valence electrons. The van der Waals surface area contributed by atoms with Crippen LogP contribution in [0.1, 0.15) is 29.5 Å². The highest BCUT2D eigenvalue weighted by molar-refractivity contribution is 5.85. The summed E-state index contributed by atoms with van der Waals surface area (Å²) < 4.78 is 0. The molecule has 0 radical (unpaired) electrons. The Balaban J connectivity index is 0.00000210. The quantitative estimate of drug-likeness (QED) is 0.673. The minimum absolute atomic E-state index is 0. The third kappa shape index (κ3) is 3.93. The van der Waals surface area contributed by atoms with Gasteiger partial charge in [0.25, 0.3) is 0 Å². The average Bonchev–Trinajstić information content (AvgIpc) is 3.18. The van der Waals surface area contributed by atoms with Crippen LogP contribution in [0.2, 0.25) is 0 Å². The Morgan fingerprint density at radius 3 is 1.78 bits per heavy atom. The molecule has 1 fully saturated rings. The molecule has 1 aliphatic heterocycles. The van der Waals surface area contributed by atoms with E-state index < -0.39 is 5.60 Å². The van der Waals surface area contributed by atoms with Crippen LogP contribution >= 0.6 is 12.4 Å². The Morgan fingerprint density at radius 2 is 1.26 bits per heavy atom. The summed E-state index contributed by atoms with van der Waals surface area (Å²) in [5, 5.41) is 12.1. The van der Waals surface area contributed by atoms with Gasteiger partial charge in [0.1, 0.15) is 5.60 Å².